The van der Waals surface area contributed by atoms with Crippen LogP contribution in [0.4, 0.5) is 5.82 Å². The molecule has 2 aromatic rings. The lowest BCUT2D eigenvalue weighted by atomic mass is 10.1. The minimum atomic E-state index is -0.869. The minimum Gasteiger partial charge on any atom is -0.481 e. The normalized spacial score (nSPS) is 19.3. The highest BCUT2D eigenvalue weighted by atomic mass is 16.4. The summed E-state index contributed by atoms with van der Waals surface area (Å²) in [7, 11) is 0. The standard InChI is InChI=1S/C13H13N3O3/c17-11-5-8(6-12(18)19)7-16(11)13-9-3-1-2-4-10(9)14-15-13/h1-4,8H,5-7H2,(H,14,15)(H,18,19). The summed E-state index contributed by atoms with van der Waals surface area (Å²) in [4.78, 5) is 24.3. The van der Waals surface area contributed by atoms with Gasteiger partial charge < -0.3 is 5.11 Å². The third-order valence-electron chi connectivity index (χ3n) is 3.37. The van der Waals surface area contributed by atoms with Gasteiger partial charge >= 0.3 is 5.97 Å². The SMILES string of the molecule is O=C(O)CC1CC(=O)N(c2n[nH]c3ccccc23)C1. The first kappa shape index (κ1) is 11.7. The van der Waals surface area contributed by atoms with Crippen LogP contribution >= 0.6 is 0 Å². The molecule has 2 heterocycles. The van der Waals surface area contributed by atoms with E-state index in [1.807, 2.05) is 24.3 Å². The molecule has 1 aromatic carbocycles. The maximum absolute atomic E-state index is 12.0. The van der Waals surface area contributed by atoms with Crippen molar-refractivity contribution in [3.8, 4) is 0 Å². The second-order valence-corrected chi connectivity index (χ2v) is 4.77. The summed E-state index contributed by atoms with van der Waals surface area (Å²) >= 11 is 0. The van der Waals surface area contributed by atoms with Crippen molar-refractivity contribution in [2.45, 2.75) is 12.8 Å². The molecular weight excluding hydrogens is 246 g/mol. The maximum atomic E-state index is 12.0. The first-order chi connectivity index (χ1) is 9.15. The number of nitrogens with zero attached hydrogens (tertiary/aromatic N) is 2. The molecule has 1 saturated heterocycles. The fraction of sp³-hybridized carbons (Fsp3) is 0.308. The number of fused-ring (bicyclic) bond motifs is 1. The van der Waals surface area contributed by atoms with Crippen molar-refractivity contribution >= 4 is 28.6 Å². The molecule has 1 fully saturated rings. The summed E-state index contributed by atoms with van der Waals surface area (Å²) in [5.74, 6) is -0.482. The summed E-state index contributed by atoms with van der Waals surface area (Å²) in [6.45, 7) is 0.417. The van der Waals surface area contributed by atoms with Gasteiger partial charge in [-0.05, 0) is 18.1 Å². The molecule has 6 heteroatoms. The Hall–Kier alpha value is -2.37. The molecule has 0 radical (unpaired) electrons. The van der Waals surface area contributed by atoms with Gasteiger partial charge in [0.05, 0.1) is 11.9 Å². The first-order valence-electron chi connectivity index (χ1n) is 6.10. The van der Waals surface area contributed by atoms with E-state index in [-0.39, 0.29) is 24.7 Å². The zero-order valence-corrected chi connectivity index (χ0v) is 10.2. The molecule has 6 nitrogen and oxygen atoms in total. The van der Waals surface area contributed by atoms with Crippen molar-refractivity contribution in [2.24, 2.45) is 5.92 Å². The van der Waals surface area contributed by atoms with Crippen LogP contribution in [0.15, 0.2) is 24.3 Å². The number of aliphatic carboxylic acids is 1. The van der Waals surface area contributed by atoms with Crippen molar-refractivity contribution < 1.29 is 14.7 Å². The Kier molecular flexibility index (Phi) is 2.70. The molecule has 0 aliphatic carbocycles. The molecule has 2 N–H and O–H groups in total. The molecule has 1 amide bonds. The Labute approximate surface area is 109 Å². The number of hydrogen-bond acceptors (Lipinski definition) is 3. The first-order valence-corrected chi connectivity index (χ1v) is 6.10. The van der Waals surface area contributed by atoms with E-state index in [2.05, 4.69) is 10.2 Å². The molecule has 1 atom stereocenters. The lowest BCUT2D eigenvalue weighted by molar-refractivity contribution is -0.137. The van der Waals surface area contributed by atoms with Gasteiger partial charge in [-0.2, -0.15) is 5.10 Å². The Balaban J connectivity index is 1.90. The van der Waals surface area contributed by atoms with Gasteiger partial charge in [-0.25, -0.2) is 0 Å². The molecule has 98 valence electrons. The Morgan fingerprint density at radius 3 is 3.05 bits per heavy atom. The third kappa shape index (κ3) is 2.05. The van der Waals surface area contributed by atoms with Gasteiger partial charge in [0.1, 0.15) is 0 Å². The number of carboxylic acid groups (broad SMARTS) is 1. The number of para-hydroxylation sites is 1. The van der Waals surface area contributed by atoms with Gasteiger partial charge in [0.15, 0.2) is 5.82 Å². The van der Waals surface area contributed by atoms with E-state index in [0.29, 0.717) is 12.4 Å². The molecule has 1 unspecified atom stereocenters. The van der Waals surface area contributed by atoms with Crippen molar-refractivity contribution in [2.75, 3.05) is 11.4 Å². The molecule has 1 aromatic heterocycles. The van der Waals surface area contributed by atoms with Crippen LogP contribution in [-0.4, -0.2) is 33.7 Å². The highest BCUT2D eigenvalue weighted by Gasteiger charge is 2.33. The molecule has 0 saturated carbocycles. The number of benzene rings is 1. The lowest BCUT2D eigenvalue weighted by Crippen LogP contribution is -2.25. The number of carbonyl (C=O) groups excluding carboxylic acids is 1. The monoisotopic (exact) mass is 259 g/mol. The predicted octanol–water partition coefficient (Wildman–Crippen LogP) is 1.39. The number of aromatic amines is 1. The summed E-state index contributed by atoms with van der Waals surface area (Å²) in [6.07, 6.45) is 0.290. The quantitative estimate of drug-likeness (QED) is 0.872. The van der Waals surface area contributed by atoms with E-state index in [9.17, 15) is 9.59 Å². The van der Waals surface area contributed by atoms with Crippen LogP contribution in [0, 0.1) is 5.92 Å². The molecule has 1 aliphatic rings. The summed E-state index contributed by atoms with van der Waals surface area (Å²) < 4.78 is 0. The van der Waals surface area contributed by atoms with E-state index < -0.39 is 5.97 Å². The van der Waals surface area contributed by atoms with Crippen molar-refractivity contribution in [3.05, 3.63) is 24.3 Å². The average Bonchev–Trinajstić information content (AvgIpc) is 2.92. The summed E-state index contributed by atoms with van der Waals surface area (Å²) in [5, 5.41) is 16.7. The Morgan fingerprint density at radius 1 is 1.47 bits per heavy atom. The van der Waals surface area contributed by atoms with Gasteiger partial charge in [-0.15, -0.1) is 0 Å². The summed E-state index contributed by atoms with van der Waals surface area (Å²) in [5.41, 5.74) is 0.868. The van der Waals surface area contributed by atoms with Crippen LogP contribution in [0.2, 0.25) is 0 Å². The predicted molar refractivity (Wildman–Crippen MR) is 68.8 cm³/mol. The Bertz CT molecular complexity index is 649. The molecule has 19 heavy (non-hydrogen) atoms. The number of hydrogen-bond donors (Lipinski definition) is 2. The fourth-order valence-electron chi connectivity index (χ4n) is 2.52. The maximum Gasteiger partial charge on any atom is 0.303 e. The van der Waals surface area contributed by atoms with Crippen molar-refractivity contribution in [1.82, 2.24) is 10.2 Å². The van der Waals surface area contributed by atoms with Crippen LogP contribution in [0.5, 0.6) is 0 Å². The number of carboxylic acids is 1. The Morgan fingerprint density at radius 2 is 2.26 bits per heavy atom. The van der Waals surface area contributed by atoms with Gasteiger partial charge in [0, 0.05) is 18.4 Å². The topological polar surface area (TPSA) is 86.3 Å². The zero-order valence-electron chi connectivity index (χ0n) is 10.2. The highest BCUT2D eigenvalue weighted by Crippen LogP contribution is 2.30. The second-order valence-electron chi connectivity index (χ2n) is 4.77. The fourth-order valence-corrected chi connectivity index (χ4v) is 2.52. The van der Waals surface area contributed by atoms with Gasteiger partial charge in [0.25, 0.3) is 0 Å². The van der Waals surface area contributed by atoms with Gasteiger partial charge in [-0.3, -0.25) is 19.6 Å². The second kappa shape index (κ2) is 4.38. The zero-order chi connectivity index (χ0) is 13.4. The number of amides is 1. The van der Waals surface area contributed by atoms with E-state index >= 15 is 0 Å². The van der Waals surface area contributed by atoms with Crippen LogP contribution in [0.3, 0.4) is 0 Å². The summed E-state index contributed by atoms with van der Waals surface area (Å²) in [6, 6.07) is 7.56. The highest BCUT2D eigenvalue weighted by molar-refractivity contribution is 6.02. The molecule has 0 bridgehead atoms. The molecule has 0 spiro atoms. The van der Waals surface area contributed by atoms with Crippen LogP contribution in [-0.2, 0) is 9.59 Å². The van der Waals surface area contributed by atoms with Gasteiger partial charge in [-0.1, -0.05) is 12.1 Å². The van der Waals surface area contributed by atoms with Crippen molar-refractivity contribution in [1.29, 1.82) is 0 Å². The number of aromatic nitrogens is 2. The smallest absolute Gasteiger partial charge is 0.303 e. The van der Waals surface area contributed by atoms with Gasteiger partial charge in [0.2, 0.25) is 5.91 Å². The van der Waals surface area contributed by atoms with E-state index in [1.165, 1.54) is 0 Å². The number of anilines is 1. The molecule has 1 aliphatic heterocycles. The number of rotatable bonds is 3. The largest absolute Gasteiger partial charge is 0.481 e. The van der Waals surface area contributed by atoms with E-state index in [1.54, 1.807) is 4.90 Å². The van der Waals surface area contributed by atoms with Crippen molar-refractivity contribution in [3.63, 3.8) is 0 Å². The molecular formula is C13H13N3O3. The number of carbonyl (C=O) groups is 2. The van der Waals surface area contributed by atoms with E-state index in [0.717, 1.165) is 10.9 Å². The number of H-pyrrole nitrogens is 1. The van der Waals surface area contributed by atoms with Crippen LogP contribution in [0.25, 0.3) is 10.9 Å². The van der Waals surface area contributed by atoms with E-state index in [4.69, 9.17) is 5.11 Å². The number of nitrogens with one attached hydrogen (secondary N) is 1. The van der Waals surface area contributed by atoms with Crippen LogP contribution in [0.1, 0.15) is 12.8 Å². The third-order valence-corrected chi connectivity index (χ3v) is 3.37. The average molecular weight is 259 g/mol. The lowest BCUT2D eigenvalue weighted by Gasteiger charge is -2.13. The molecule has 3 rings (SSSR count). The minimum absolute atomic E-state index is 0.0184. The van der Waals surface area contributed by atoms with Crippen LogP contribution < -0.4 is 4.90 Å².